The van der Waals surface area contributed by atoms with Gasteiger partial charge in [-0.15, -0.1) is 0 Å². The first kappa shape index (κ1) is 20.7. The maximum absolute atomic E-state index is 13.5. The van der Waals surface area contributed by atoms with Crippen LogP contribution in [0, 0.1) is 17.2 Å². The van der Waals surface area contributed by atoms with E-state index >= 15 is 0 Å². The minimum atomic E-state index is -0.591. The fraction of sp³-hybridized carbons (Fsp3) is 0.391. The molecule has 2 bridgehead atoms. The van der Waals surface area contributed by atoms with Crippen molar-refractivity contribution in [2.75, 3.05) is 13.7 Å². The first-order chi connectivity index (χ1) is 14.4. The van der Waals surface area contributed by atoms with Gasteiger partial charge < -0.3 is 15.0 Å². The van der Waals surface area contributed by atoms with Gasteiger partial charge in [0.25, 0.3) is 5.91 Å². The van der Waals surface area contributed by atoms with Gasteiger partial charge in [0.05, 0.1) is 10.4 Å². The van der Waals surface area contributed by atoms with E-state index in [0.29, 0.717) is 18.9 Å². The highest BCUT2D eigenvalue weighted by Crippen LogP contribution is 2.59. The van der Waals surface area contributed by atoms with Crippen molar-refractivity contribution in [2.24, 2.45) is 11.3 Å². The van der Waals surface area contributed by atoms with E-state index in [2.05, 4.69) is 5.32 Å². The molecule has 3 fully saturated rings. The number of hydrogen-bond donors (Lipinski definition) is 1. The predicted molar refractivity (Wildman–Crippen MR) is 112 cm³/mol. The molecule has 3 aliphatic carbocycles. The van der Waals surface area contributed by atoms with E-state index < -0.39 is 5.82 Å². The molecule has 5 nitrogen and oxygen atoms in total. The smallest absolute Gasteiger partial charge is 0.258 e. The highest BCUT2D eigenvalue weighted by molar-refractivity contribution is 6.30. The summed E-state index contributed by atoms with van der Waals surface area (Å²) in [6.07, 6.45) is 2.26. The van der Waals surface area contributed by atoms with E-state index in [1.54, 1.807) is 4.90 Å². The SMILES string of the molecule is CN(Cc1ccccc1)C(=O)C12CC(C1)C(NC(=O)COc1ccc(Cl)c(F)c1)C2. The minimum absolute atomic E-state index is 0.00438. The molecule has 0 radical (unpaired) electrons. The Bertz CT molecular complexity index is 947. The van der Waals surface area contributed by atoms with Crippen molar-refractivity contribution in [3.05, 3.63) is 64.9 Å². The molecular weight excluding hydrogens is 407 g/mol. The zero-order valence-corrected chi connectivity index (χ0v) is 17.5. The Balaban J connectivity index is 1.28. The molecule has 3 aliphatic rings. The molecule has 2 amide bonds. The van der Waals surface area contributed by atoms with Crippen molar-refractivity contribution in [3.63, 3.8) is 0 Å². The van der Waals surface area contributed by atoms with E-state index in [1.807, 2.05) is 37.4 Å². The first-order valence-corrected chi connectivity index (χ1v) is 10.4. The number of carbonyl (C=O) groups is 2. The Morgan fingerprint density at radius 3 is 2.63 bits per heavy atom. The summed E-state index contributed by atoms with van der Waals surface area (Å²) in [5, 5.41) is 2.98. The standard InChI is InChI=1S/C23H24ClFN2O3/c1-27(13-15-5-3-2-4-6-15)22(29)23-10-16(11-23)20(12-23)26-21(28)14-30-17-7-8-18(24)19(25)9-17/h2-9,16,20H,10-14H2,1H3,(H,26,28). The molecule has 1 unspecified atom stereocenters. The summed E-state index contributed by atoms with van der Waals surface area (Å²) >= 11 is 5.64. The second-order valence-electron chi connectivity index (χ2n) is 8.34. The molecule has 0 spiro atoms. The Morgan fingerprint density at radius 1 is 1.20 bits per heavy atom. The summed E-state index contributed by atoms with van der Waals surface area (Å²) in [7, 11) is 1.84. The van der Waals surface area contributed by atoms with Crippen molar-refractivity contribution < 1.29 is 18.7 Å². The normalized spacial score (nSPS) is 24.1. The summed E-state index contributed by atoms with van der Waals surface area (Å²) in [5.74, 6) is -0.158. The molecule has 0 aliphatic heterocycles. The average molecular weight is 431 g/mol. The topological polar surface area (TPSA) is 58.6 Å². The number of carbonyl (C=O) groups excluding carboxylic acids is 2. The van der Waals surface area contributed by atoms with Crippen molar-refractivity contribution in [2.45, 2.75) is 31.8 Å². The van der Waals surface area contributed by atoms with Crippen LogP contribution in [0.5, 0.6) is 5.75 Å². The third-order valence-corrected chi connectivity index (χ3v) is 6.46. The number of halogens is 2. The van der Waals surface area contributed by atoms with Crippen LogP contribution in [0.3, 0.4) is 0 Å². The van der Waals surface area contributed by atoms with Crippen LogP contribution in [0.25, 0.3) is 0 Å². The second kappa shape index (κ2) is 8.26. The van der Waals surface area contributed by atoms with Crippen molar-refractivity contribution >= 4 is 23.4 Å². The number of amides is 2. The van der Waals surface area contributed by atoms with E-state index in [9.17, 15) is 14.0 Å². The van der Waals surface area contributed by atoms with Gasteiger partial charge in [-0.2, -0.15) is 0 Å². The summed E-state index contributed by atoms with van der Waals surface area (Å²) in [6.45, 7) is 0.369. The van der Waals surface area contributed by atoms with Crippen LogP contribution in [0.2, 0.25) is 5.02 Å². The molecule has 2 aromatic rings. The van der Waals surface area contributed by atoms with Crippen LogP contribution in [-0.2, 0) is 16.1 Å². The van der Waals surface area contributed by atoms with E-state index in [0.717, 1.165) is 24.5 Å². The molecule has 0 saturated heterocycles. The average Bonchev–Trinajstić information content (AvgIpc) is 3.24. The Labute approximate surface area is 180 Å². The highest BCUT2D eigenvalue weighted by Gasteiger charge is 2.61. The Kier molecular flexibility index (Phi) is 5.69. The molecule has 0 aromatic heterocycles. The number of ether oxygens (including phenoxy) is 1. The van der Waals surface area contributed by atoms with Crippen LogP contribution >= 0.6 is 11.6 Å². The van der Waals surface area contributed by atoms with Crippen molar-refractivity contribution in [1.29, 1.82) is 0 Å². The lowest BCUT2D eigenvalue weighted by molar-refractivity contribution is -0.145. The number of nitrogens with one attached hydrogen (secondary N) is 1. The summed E-state index contributed by atoms with van der Waals surface area (Å²) in [4.78, 5) is 27.1. The third-order valence-electron chi connectivity index (χ3n) is 6.16. The lowest BCUT2D eigenvalue weighted by Crippen LogP contribution is -2.45. The van der Waals surface area contributed by atoms with Gasteiger partial charge in [0.15, 0.2) is 6.61 Å². The van der Waals surface area contributed by atoms with Crippen LogP contribution in [0.1, 0.15) is 24.8 Å². The molecule has 30 heavy (non-hydrogen) atoms. The minimum Gasteiger partial charge on any atom is -0.484 e. The van der Waals surface area contributed by atoms with Gasteiger partial charge in [-0.05, 0) is 42.9 Å². The molecule has 158 valence electrons. The zero-order chi connectivity index (χ0) is 21.3. The van der Waals surface area contributed by atoms with Gasteiger partial charge in [-0.3, -0.25) is 9.59 Å². The molecular formula is C23H24ClFN2O3. The summed E-state index contributed by atoms with van der Waals surface area (Å²) in [6, 6.07) is 13.9. The van der Waals surface area contributed by atoms with Crippen LogP contribution in [0.15, 0.2) is 48.5 Å². The maximum Gasteiger partial charge on any atom is 0.258 e. The highest BCUT2D eigenvalue weighted by atomic mass is 35.5. The van der Waals surface area contributed by atoms with Gasteiger partial charge in [-0.25, -0.2) is 4.39 Å². The lowest BCUT2D eigenvalue weighted by atomic mass is 9.68. The first-order valence-electron chi connectivity index (χ1n) is 10.0. The maximum atomic E-state index is 13.5. The largest absolute Gasteiger partial charge is 0.484 e. The molecule has 1 atom stereocenters. The van der Waals surface area contributed by atoms with E-state index in [1.165, 1.54) is 12.1 Å². The molecule has 7 heteroatoms. The molecule has 2 aromatic carbocycles. The molecule has 0 heterocycles. The molecule has 5 rings (SSSR count). The van der Waals surface area contributed by atoms with Gasteiger partial charge in [0.1, 0.15) is 11.6 Å². The predicted octanol–water partition coefficient (Wildman–Crippen LogP) is 3.80. The number of hydrogen-bond acceptors (Lipinski definition) is 3. The lowest BCUT2D eigenvalue weighted by Gasteiger charge is -2.39. The number of fused-ring (bicyclic) bond motifs is 1. The van der Waals surface area contributed by atoms with Crippen molar-refractivity contribution in [3.8, 4) is 5.75 Å². The number of benzene rings is 2. The van der Waals surface area contributed by atoms with Gasteiger partial charge in [0.2, 0.25) is 5.91 Å². The van der Waals surface area contributed by atoms with Gasteiger partial charge >= 0.3 is 0 Å². The Hall–Kier alpha value is -2.60. The van der Waals surface area contributed by atoms with Crippen molar-refractivity contribution in [1.82, 2.24) is 10.2 Å². The fourth-order valence-electron chi connectivity index (χ4n) is 4.71. The zero-order valence-electron chi connectivity index (χ0n) is 16.7. The fourth-order valence-corrected chi connectivity index (χ4v) is 4.83. The van der Waals surface area contributed by atoms with Crippen LogP contribution in [-0.4, -0.2) is 36.4 Å². The second-order valence-corrected chi connectivity index (χ2v) is 8.75. The summed E-state index contributed by atoms with van der Waals surface area (Å²) < 4.78 is 18.8. The molecule has 1 N–H and O–H groups in total. The monoisotopic (exact) mass is 430 g/mol. The van der Waals surface area contributed by atoms with Crippen LogP contribution < -0.4 is 10.1 Å². The van der Waals surface area contributed by atoms with E-state index in [-0.39, 0.29) is 40.7 Å². The molecule has 3 saturated carbocycles. The number of nitrogens with zero attached hydrogens (tertiary/aromatic N) is 1. The summed E-state index contributed by atoms with van der Waals surface area (Å²) in [5.41, 5.74) is 0.728. The third kappa shape index (κ3) is 4.15. The van der Waals surface area contributed by atoms with E-state index in [4.69, 9.17) is 16.3 Å². The number of rotatable bonds is 7. The van der Waals surface area contributed by atoms with Gasteiger partial charge in [-0.1, -0.05) is 41.9 Å². The Morgan fingerprint density at radius 2 is 1.93 bits per heavy atom. The van der Waals surface area contributed by atoms with Crippen LogP contribution in [0.4, 0.5) is 4.39 Å². The quantitative estimate of drug-likeness (QED) is 0.726. The van der Waals surface area contributed by atoms with Gasteiger partial charge in [0, 0.05) is 25.7 Å².